The minimum Gasteiger partial charge on any atom is -0.486 e. The van der Waals surface area contributed by atoms with E-state index in [4.69, 9.17) is 4.74 Å². The predicted molar refractivity (Wildman–Crippen MR) is 114 cm³/mol. The summed E-state index contributed by atoms with van der Waals surface area (Å²) >= 11 is 0. The van der Waals surface area contributed by atoms with Gasteiger partial charge in [0.05, 0.1) is 23.5 Å². The molecule has 0 radical (unpaired) electrons. The molecule has 2 fully saturated rings. The van der Waals surface area contributed by atoms with Gasteiger partial charge in [-0.2, -0.15) is 0 Å². The van der Waals surface area contributed by atoms with Gasteiger partial charge < -0.3 is 15.0 Å². The Morgan fingerprint density at radius 3 is 2.77 bits per heavy atom. The summed E-state index contributed by atoms with van der Waals surface area (Å²) in [5, 5.41) is 2.77. The molecule has 0 aromatic heterocycles. The van der Waals surface area contributed by atoms with Crippen molar-refractivity contribution in [3.05, 3.63) is 29.3 Å². The topological polar surface area (TPSA) is 110 Å². The Kier molecular flexibility index (Phi) is 5.57. The molecule has 2 saturated heterocycles. The van der Waals surface area contributed by atoms with Crippen LogP contribution >= 0.6 is 0 Å². The van der Waals surface area contributed by atoms with Crippen molar-refractivity contribution in [1.82, 2.24) is 10.2 Å². The second kappa shape index (κ2) is 7.93. The Labute approximate surface area is 182 Å². The molecule has 3 aliphatic rings. The Bertz CT molecular complexity index is 1040. The first-order valence-electron chi connectivity index (χ1n) is 10.7. The van der Waals surface area contributed by atoms with Crippen molar-refractivity contribution in [2.75, 3.05) is 18.1 Å². The van der Waals surface area contributed by atoms with Crippen molar-refractivity contribution in [2.45, 2.75) is 63.6 Å². The van der Waals surface area contributed by atoms with Crippen LogP contribution in [0.4, 0.5) is 0 Å². The molecule has 1 N–H and O–H groups in total. The Hall–Kier alpha value is -2.42. The molecule has 0 saturated carbocycles. The summed E-state index contributed by atoms with van der Waals surface area (Å²) in [6.07, 6.45) is 1.66. The fourth-order valence-electron chi connectivity index (χ4n) is 4.72. The number of nitrogens with zero attached hydrogens (tertiary/aromatic N) is 1. The Morgan fingerprint density at radius 2 is 2.06 bits per heavy atom. The molecule has 8 nitrogen and oxygen atoms in total. The number of ketones is 1. The lowest BCUT2D eigenvalue weighted by atomic mass is 9.84. The molecule has 1 spiro atoms. The highest BCUT2D eigenvalue weighted by atomic mass is 32.2. The molecule has 1 aromatic rings. The van der Waals surface area contributed by atoms with Gasteiger partial charge in [-0.25, -0.2) is 8.42 Å². The number of Topliss-reactive ketones (excluding diaryl/α,β-unsaturated/α-hetero) is 1. The van der Waals surface area contributed by atoms with Gasteiger partial charge in [-0.3, -0.25) is 14.4 Å². The molecule has 0 unspecified atom stereocenters. The average molecular weight is 449 g/mol. The maximum Gasteiger partial charge on any atom is 0.242 e. The maximum absolute atomic E-state index is 12.8. The summed E-state index contributed by atoms with van der Waals surface area (Å²) < 4.78 is 29.5. The number of likely N-dealkylation sites (tertiary alicyclic amines) is 1. The number of carbonyl (C=O) groups excluding carboxylic acids is 3. The number of benzene rings is 1. The third kappa shape index (κ3) is 4.46. The smallest absolute Gasteiger partial charge is 0.242 e. The van der Waals surface area contributed by atoms with E-state index in [1.807, 2.05) is 19.1 Å². The maximum atomic E-state index is 12.8. The number of amides is 2. The Balaban J connectivity index is 1.45. The van der Waals surface area contributed by atoms with Crippen LogP contribution < -0.4 is 10.1 Å². The highest BCUT2D eigenvalue weighted by Gasteiger charge is 2.44. The van der Waals surface area contributed by atoms with Crippen LogP contribution in [0.15, 0.2) is 18.2 Å². The highest BCUT2D eigenvalue weighted by Crippen LogP contribution is 2.40. The molecule has 0 aliphatic carbocycles. The van der Waals surface area contributed by atoms with Crippen LogP contribution in [0.25, 0.3) is 0 Å². The fraction of sp³-hybridized carbons (Fsp3) is 0.591. The summed E-state index contributed by atoms with van der Waals surface area (Å²) in [6, 6.07) is 4.40. The highest BCUT2D eigenvalue weighted by molar-refractivity contribution is 7.91. The summed E-state index contributed by atoms with van der Waals surface area (Å²) in [5.74, 6) is 0.0635. The zero-order valence-electron chi connectivity index (χ0n) is 17.8. The van der Waals surface area contributed by atoms with E-state index in [1.165, 1.54) is 4.90 Å². The molecule has 4 rings (SSSR count). The molecular weight excluding hydrogens is 420 g/mol. The molecule has 1 aromatic carbocycles. The lowest BCUT2D eigenvalue weighted by Gasteiger charge is -2.37. The number of rotatable bonds is 3. The van der Waals surface area contributed by atoms with Gasteiger partial charge in [-0.05, 0) is 38.8 Å². The molecule has 168 valence electrons. The zero-order chi connectivity index (χ0) is 22.4. The first-order valence-corrected chi connectivity index (χ1v) is 12.5. The molecule has 0 bridgehead atoms. The standard InChI is InChI=1S/C22H28N2O6S/c1-14-3-4-19-17(11-14)18(25)12-22(30-19)7-5-20(26)24(9-8-22)15(2)21(27)23-16-6-10-31(28,29)13-16/h3-4,11,15-16H,5-10,12-13H2,1-2H3,(H,23,27)/t15-,16+,22-/m0/s1. The molecule has 2 amide bonds. The van der Waals surface area contributed by atoms with Gasteiger partial charge in [0.1, 0.15) is 17.4 Å². The van der Waals surface area contributed by atoms with Gasteiger partial charge in [0, 0.05) is 25.4 Å². The zero-order valence-corrected chi connectivity index (χ0v) is 18.7. The third-order valence-electron chi connectivity index (χ3n) is 6.59. The van der Waals surface area contributed by atoms with Crippen molar-refractivity contribution in [2.24, 2.45) is 0 Å². The molecule has 9 heteroatoms. The molecule has 31 heavy (non-hydrogen) atoms. The van der Waals surface area contributed by atoms with E-state index in [0.29, 0.717) is 37.1 Å². The van der Waals surface area contributed by atoms with Crippen molar-refractivity contribution < 1.29 is 27.5 Å². The third-order valence-corrected chi connectivity index (χ3v) is 8.36. The van der Waals surface area contributed by atoms with E-state index >= 15 is 0 Å². The van der Waals surface area contributed by atoms with E-state index in [-0.39, 0.29) is 41.9 Å². The largest absolute Gasteiger partial charge is 0.486 e. The van der Waals surface area contributed by atoms with Gasteiger partial charge in [-0.15, -0.1) is 0 Å². The van der Waals surface area contributed by atoms with Crippen molar-refractivity contribution >= 4 is 27.4 Å². The van der Waals surface area contributed by atoms with Gasteiger partial charge in [-0.1, -0.05) is 11.6 Å². The number of ether oxygens (including phenoxy) is 1. The van der Waals surface area contributed by atoms with E-state index in [1.54, 1.807) is 13.0 Å². The molecule has 3 heterocycles. The monoisotopic (exact) mass is 448 g/mol. The first-order chi connectivity index (χ1) is 14.6. The lowest BCUT2D eigenvalue weighted by Crippen LogP contribution is -2.51. The minimum atomic E-state index is -3.10. The summed E-state index contributed by atoms with van der Waals surface area (Å²) in [7, 11) is -3.10. The second-order valence-corrected chi connectivity index (χ2v) is 11.2. The van der Waals surface area contributed by atoms with E-state index in [2.05, 4.69) is 5.32 Å². The van der Waals surface area contributed by atoms with Crippen LogP contribution in [-0.4, -0.2) is 66.7 Å². The normalized spacial score (nSPS) is 28.6. The average Bonchev–Trinajstić information content (AvgIpc) is 2.96. The molecule has 3 aliphatic heterocycles. The summed E-state index contributed by atoms with van der Waals surface area (Å²) in [5.41, 5.74) is 0.820. The minimum absolute atomic E-state index is 0.0130. The van der Waals surface area contributed by atoms with Crippen LogP contribution in [0.5, 0.6) is 5.75 Å². The number of hydrogen-bond donors (Lipinski definition) is 1. The number of hydrogen-bond acceptors (Lipinski definition) is 6. The van der Waals surface area contributed by atoms with Gasteiger partial charge in [0.15, 0.2) is 15.6 Å². The number of fused-ring (bicyclic) bond motifs is 1. The van der Waals surface area contributed by atoms with E-state index in [9.17, 15) is 22.8 Å². The number of sulfone groups is 1. The van der Waals surface area contributed by atoms with Gasteiger partial charge in [0.2, 0.25) is 11.8 Å². The number of nitrogens with one attached hydrogen (secondary N) is 1. The van der Waals surface area contributed by atoms with Crippen LogP contribution in [0.2, 0.25) is 0 Å². The predicted octanol–water partition coefficient (Wildman–Crippen LogP) is 1.40. The van der Waals surface area contributed by atoms with Crippen LogP contribution in [0.3, 0.4) is 0 Å². The molecular formula is C22H28N2O6S. The van der Waals surface area contributed by atoms with Crippen molar-refractivity contribution in [3.63, 3.8) is 0 Å². The van der Waals surface area contributed by atoms with Gasteiger partial charge in [0.25, 0.3) is 0 Å². The fourth-order valence-corrected chi connectivity index (χ4v) is 6.39. The van der Waals surface area contributed by atoms with E-state index < -0.39 is 27.5 Å². The van der Waals surface area contributed by atoms with Crippen LogP contribution in [-0.2, 0) is 19.4 Å². The summed E-state index contributed by atoms with van der Waals surface area (Å²) in [4.78, 5) is 39.8. The second-order valence-electron chi connectivity index (χ2n) is 9.01. The number of carbonyl (C=O) groups is 3. The first kappa shape index (κ1) is 21.8. The van der Waals surface area contributed by atoms with Gasteiger partial charge >= 0.3 is 0 Å². The molecule has 3 atom stereocenters. The van der Waals surface area contributed by atoms with Crippen molar-refractivity contribution in [1.29, 1.82) is 0 Å². The SMILES string of the molecule is Cc1ccc2c(c1)C(=O)C[C@@]1(CCC(=O)N([C@@H](C)C(=O)N[C@@H]3CCS(=O)(=O)C3)CC1)O2. The van der Waals surface area contributed by atoms with Crippen LogP contribution in [0, 0.1) is 6.92 Å². The quantitative estimate of drug-likeness (QED) is 0.749. The van der Waals surface area contributed by atoms with E-state index in [0.717, 1.165) is 5.56 Å². The van der Waals surface area contributed by atoms with Crippen molar-refractivity contribution in [3.8, 4) is 5.75 Å². The van der Waals surface area contributed by atoms with Crippen LogP contribution in [0.1, 0.15) is 54.9 Å². The lowest BCUT2D eigenvalue weighted by molar-refractivity contribution is -0.139. The Morgan fingerprint density at radius 1 is 1.29 bits per heavy atom. The summed E-state index contributed by atoms with van der Waals surface area (Å²) in [6.45, 7) is 3.87. The number of aryl methyl sites for hydroxylation is 1.